The number of nitrogens with two attached hydrogens (primary N) is 1. The predicted molar refractivity (Wildman–Crippen MR) is 115 cm³/mol. The van der Waals surface area contributed by atoms with Crippen LogP contribution >= 0.6 is 0 Å². The zero-order chi connectivity index (χ0) is 22.4. The maximum atomic E-state index is 12.7. The van der Waals surface area contributed by atoms with E-state index in [1.807, 2.05) is 30.3 Å². The Bertz CT molecular complexity index is 1030. The van der Waals surface area contributed by atoms with Gasteiger partial charge < -0.3 is 20.7 Å². The highest BCUT2D eigenvalue weighted by molar-refractivity contribution is 6.01. The second-order valence-corrected chi connectivity index (χ2v) is 7.10. The van der Waals surface area contributed by atoms with Crippen molar-refractivity contribution in [1.82, 2.24) is 19.8 Å². The molecule has 1 saturated heterocycles. The van der Waals surface area contributed by atoms with Gasteiger partial charge in [0.05, 0.1) is 19.7 Å². The van der Waals surface area contributed by atoms with Crippen LogP contribution in [0.1, 0.15) is 12.0 Å². The van der Waals surface area contributed by atoms with Crippen LogP contribution in [-0.2, 0) is 22.6 Å². The molecule has 3 rings (SSSR count). The summed E-state index contributed by atoms with van der Waals surface area (Å²) in [7, 11) is 1.51. The number of carbonyl (C=O) groups is 2. The van der Waals surface area contributed by atoms with Crippen LogP contribution in [0.15, 0.2) is 39.9 Å². The van der Waals surface area contributed by atoms with Gasteiger partial charge in [0.25, 0.3) is 5.56 Å². The molecule has 4 N–H and O–H groups in total. The molecule has 2 aromatic rings. The number of carbonyl (C=O) groups excluding carboxylic acids is 2. The van der Waals surface area contributed by atoms with Gasteiger partial charge in [0, 0.05) is 26.7 Å². The molecule has 0 radical (unpaired) electrons. The minimum atomic E-state index is -0.609. The minimum absolute atomic E-state index is 0.0103. The summed E-state index contributed by atoms with van der Waals surface area (Å²) in [5.41, 5.74) is 6.13. The first-order valence-electron chi connectivity index (χ1n) is 9.91. The molecule has 1 aliphatic heterocycles. The van der Waals surface area contributed by atoms with Gasteiger partial charge in [-0.3, -0.25) is 24.0 Å². The lowest BCUT2D eigenvalue weighted by atomic mass is 10.2. The topological polar surface area (TPSA) is 143 Å². The lowest BCUT2D eigenvalue weighted by Gasteiger charge is -2.27. The zero-order valence-corrected chi connectivity index (χ0v) is 17.3. The standard InChI is InChI=1S/C20H26N6O5/c1-31-11-10-26-17(21)16(18(28)23-20(26)30)24(13-14-6-3-2-4-7-14)8-5-9-25-15(27)12-22-19(25)29/h2-4,6-7H,5,8-13,21H2,1H3,(H,22,29)(H,23,28,30). The number of urea groups is 1. The quantitative estimate of drug-likeness (QED) is 0.440. The molecule has 1 fully saturated rings. The molecule has 3 amide bonds. The van der Waals surface area contributed by atoms with E-state index in [0.29, 0.717) is 19.5 Å². The molecular weight excluding hydrogens is 404 g/mol. The van der Waals surface area contributed by atoms with E-state index in [-0.39, 0.29) is 43.7 Å². The fourth-order valence-electron chi connectivity index (χ4n) is 3.46. The summed E-state index contributed by atoms with van der Waals surface area (Å²) in [5, 5.41) is 2.48. The molecule has 11 nitrogen and oxygen atoms in total. The first kappa shape index (κ1) is 22.1. The summed E-state index contributed by atoms with van der Waals surface area (Å²) < 4.78 is 6.29. The van der Waals surface area contributed by atoms with Crippen molar-refractivity contribution in [2.24, 2.45) is 0 Å². The number of nitrogen functional groups attached to an aromatic ring is 1. The van der Waals surface area contributed by atoms with E-state index in [9.17, 15) is 19.2 Å². The first-order chi connectivity index (χ1) is 14.9. The Morgan fingerprint density at radius 2 is 1.87 bits per heavy atom. The van der Waals surface area contributed by atoms with Gasteiger partial charge in [0.1, 0.15) is 11.5 Å². The molecule has 1 aromatic carbocycles. The molecule has 0 unspecified atom stereocenters. The highest BCUT2D eigenvalue weighted by Crippen LogP contribution is 2.20. The van der Waals surface area contributed by atoms with E-state index in [4.69, 9.17) is 10.5 Å². The van der Waals surface area contributed by atoms with Gasteiger partial charge in [-0.1, -0.05) is 30.3 Å². The third-order valence-electron chi connectivity index (χ3n) is 5.01. The van der Waals surface area contributed by atoms with E-state index < -0.39 is 17.3 Å². The number of aromatic amines is 1. The van der Waals surface area contributed by atoms with Crippen LogP contribution in [0.4, 0.5) is 16.3 Å². The van der Waals surface area contributed by atoms with Crippen LogP contribution in [-0.4, -0.2) is 59.7 Å². The Labute approximate surface area is 178 Å². The summed E-state index contributed by atoms with van der Waals surface area (Å²) >= 11 is 0. The largest absolute Gasteiger partial charge is 0.383 e. The number of hydrogen-bond donors (Lipinski definition) is 3. The molecular formula is C20H26N6O5. The number of hydrogen-bond acceptors (Lipinski definition) is 7. The third-order valence-corrected chi connectivity index (χ3v) is 5.01. The van der Waals surface area contributed by atoms with Gasteiger partial charge in [-0.05, 0) is 12.0 Å². The summed E-state index contributed by atoms with van der Waals surface area (Å²) in [6, 6.07) is 9.05. The number of methoxy groups -OCH3 is 1. The molecule has 166 valence electrons. The maximum absolute atomic E-state index is 12.7. The van der Waals surface area contributed by atoms with Gasteiger partial charge in [-0.15, -0.1) is 0 Å². The number of benzene rings is 1. The van der Waals surface area contributed by atoms with Crippen LogP contribution in [0.2, 0.25) is 0 Å². The second kappa shape index (κ2) is 9.94. The van der Waals surface area contributed by atoms with E-state index in [2.05, 4.69) is 10.3 Å². The Hall–Kier alpha value is -3.60. The van der Waals surface area contributed by atoms with E-state index in [1.165, 1.54) is 11.7 Å². The van der Waals surface area contributed by atoms with Crippen molar-refractivity contribution in [1.29, 1.82) is 0 Å². The van der Waals surface area contributed by atoms with Gasteiger partial charge in [0.2, 0.25) is 5.91 Å². The number of anilines is 2. The molecule has 1 aliphatic rings. The fraction of sp³-hybridized carbons (Fsp3) is 0.400. The monoisotopic (exact) mass is 430 g/mol. The van der Waals surface area contributed by atoms with Crippen LogP contribution in [0.25, 0.3) is 0 Å². The average molecular weight is 430 g/mol. The van der Waals surface area contributed by atoms with Crippen LogP contribution in [0.3, 0.4) is 0 Å². The molecule has 0 aliphatic carbocycles. The third kappa shape index (κ3) is 5.12. The van der Waals surface area contributed by atoms with Gasteiger partial charge >= 0.3 is 11.7 Å². The van der Waals surface area contributed by atoms with Crippen molar-refractivity contribution in [3.05, 3.63) is 56.7 Å². The SMILES string of the molecule is COCCn1c(N)c(N(CCCN2C(=O)CNC2=O)Cc2ccccc2)c(=O)[nH]c1=O. The van der Waals surface area contributed by atoms with Crippen LogP contribution in [0.5, 0.6) is 0 Å². The first-order valence-corrected chi connectivity index (χ1v) is 9.91. The van der Waals surface area contributed by atoms with Crippen molar-refractivity contribution in [2.75, 3.05) is 44.0 Å². The highest BCUT2D eigenvalue weighted by atomic mass is 16.5. The normalized spacial score (nSPS) is 13.5. The molecule has 2 heterocycles. The average Bonchev–Trinajstić information content (AvgIpc) is 3.06. The summed E-state index contributed by atoms with van der Waals surface area (Å²) in [5.74, 6) is -0.248. The molecule has 0 spiro atoms. The number of ether oxygens (including phenoxy) is 1. The predicted octanol–water partition coefficient (Wildman–Crippen LogP) is -0.286. The second-order valence-electron chi connectivity index (χ2n) is 7.10. The number of nitrogens with zero attached hydrogens (tertiary/aromatic N) is 3. The van der Waals surface area contributed by atoms with E-state index in [1.54, 1.807) is 4.90 Å². The number of imide groups is 1. The maximum Gasteiger partial charge on any atom is 0.330 e. The van der Waals surface area contributed by atoms with Crippen LogP contribution < -0.4 is 27.2 Å². The Kier molecular flexibility index (Phi) is 7.08. The van der Waals surface area contributed by atoms with Crippen molar-refractivity contribution in [2.45, 2.75) is 19.5 Å². The smallest absolute Gasteiger partial charge is 0.330 e. The fourth-order valence-corrected chi connectivity index (χ4v) is 3.46. The van der Waals surface area contributed by atoms with Crippen molar-refractivity contribution < 1.29 is 14.3 Å². The molecule has 0 bridgehead atoms. The molecule has 11 heteroatoms. The van der Waals surface area contributed by atoms with Gasteiger partial charge in [-0.25, -0.2) is 9.59 Å². The Balaban J connectivity index is 1.88. The number of nitrogens with one attached hydrogen (secondary N) is 2. The van der Waals surface area contributed by atoms with Gasteiger partial charge in [0.15, 0.2) is 0 Å². The summed E-state index contributed by atoms with van der Waals surface area (Å²) in [4.78, 5) is 53.7. The minimum Gasteiger partial charge on any atom is -0.383 e. The summed E-state index contributed by atoms with van der Waals surface area (Å²) in [6.07, 6.45) is 0.419. The number of amides is 3. The van der Waals surface area contributed by atoms with E-state index >= 15 is 0 Å². The lowest BCUT2D eigenvalue weighted by Crippen LogP contribution is -2.40. The lowest BCUT2D eigenvalue weighted by molar-refractivity contribution is -0.125. The highest BCUT2D eigenvalue weighted by Gasteiger charge is 2.28. The van der Waals surface area contributed by atoms with Crippen molar-refractivity contribution in [3.63, 3.8) is 0 Å². The Morgan fingerprint density at radius 3 is 2.52 bits per heavy atom. The molecule has 31 heavy (non-hydrogen) atoms. The van der Waals surface area contributed by atoms with Crippen molar-refractivity contribution >= 4 is 23.4 Å². The molecule has 1 aromatic heterocycles. The van der Waals surface area contributed by atoms with Gasteiger partial charge in [-0.2, -0.15) is 0 Å². The number of H-pyrrole nitrogens is 1. The van der Waals surface area contributed by atoms with Crippen LogP contribution in [0, 0.1) is 0 Å². The number of aromatic nitrogens is 2. The molecule has 0 saturated carbocycles. The van der Waals surface area contributed by atoms with Crippen molar-refractivity contribution in [3.8, 4) is 0 Å². The number of rotatable bonds is 10. The molecule has 0 atom stereocenters. The zero-order valence-electron chi connectivity index (χ0n) is 17.3. The Morgan fingerprint density at radius 1 is 1.13 bits per heavy atom. The van der Waals surface area contributed by atoms with E-state index in [0.717, 1.165) is 10.5 Å². The summed E-state index contributed by atoms with van der Waals surface area (Å²) in [6.45, 7) is 1.33.